The maximum absolute atomic E-state index is 11.0. The van der Waals surface area contributed by atoms with Crippen LogP contribution >= 0.6 is 15.9 Å². The molecule has 0 heterocycles. The van der Waals surface area contributed by atoms with Gasteiger partial charge >= 0.3 is 5.97 Å². The molecule has 0 aliphatic heterocycles. The summed E-state index contributed by atoms with van der Waals surface area (Å²) < 4.78 is 5.54. The Morgan fingerprint density at radius 1 is 1.24 bits per heavy atom. The molecule has 0 amide bonds. The molecule has 0 aliphatic carbocycles. The van der Waals surface area contributed by atoms with Gasteiger partial charge in [0.05, 0.1) is 7.11 Å². The van der Waals surface area contributed by atoms with Crippen LogP contribution in [0.5, 0.6) is 0 Å². The van der Waals surface area contributed by atoms with Crippen molar-refractivity contribution in [2.24, 2.45) is 0 Å². The average molecular weight is 291 g/mol. The van der Waals surface area contributed by atoms with E-state index in [1.807, 2.05) is 36.4 Å². The molecule has 2 aromatic carbocycles. The Bertz CT molecular complexity index is 588. The van der Waals surface area contributed by atoms with E-state index in [1.165, 1.54) is 13.2 Å². The summed E-state index contributed by atoms with van der Waals surface area (Å²) in [7, 11) is 1.36. The van der Waals surface area contributed by atoms with Crippen molar-refractivity contribution in [3.05, 3.63) is 52.5 Å². The number of hydrogen-bond acceptors (Lipinski definition) is 2. The monoisotopic (exact) mass is 290 g/mol. The summed E-state index contributed by atoms with van der Waals surface area (Å²) >= 11 is 3.55. The molecule has 0 radical (unpaired) electrons. The third-order valence-corrected chi connectivity index (χ3v) is 3.38. The Labute approximate surface area is 108 Å². The molecule has 0 fully saturated rings. The van der Waals surface area contributed by atoms with Crippen molar-refractivity contribution in [2.45, 2.75) is 0 Å². The largest absolute Gasteiger partial charge is 0.466 e. The maximum atomic E-state index is 11.0. The second-order valence-electron chi connectivity index (χ2n) is 3.55. The number of rotatable bonds is 2. The first-order valence-electron chi connectivity index (χ1n) is 5.15. The molecule has 0 aromatic heterocycles. The highest BCUT2D eigenvalue weighted by molar-refractivity contribution is 9.10. The van der Waals surface area contributed by atoms with E-state index in [0.717, 1.165) is 20.8 Å². The number of hydrogen-bond donors (Lipinski definition) is 0. The molecule has 17 heavy (non-hydrogen) atoms. The van der Waals surface area contributed by atoms with Crippen LogP contribution in [0.3, 0.4) is 0 Å². The minimum atomic E-state index is -0.356. The fourth-order valence-corrected chi connectivity index (χ4v) is 2.23. The van der Waals surface area contributed by atoms with Gasteiger partial charge in [0.2, 0.25) is 0 Å². The topological polar surface area (TPSA) is 26.3 Å². The van der Waals surface area contributed by atoms with Gasteiger partial charge in [-0.1, -0.05) is 36.4 Å². The molecular formula is C14H11BrO2. The number of ether oxygens (including phenoxy) is 1. The number of methoxy groups -OCH3 is 1. The highest BCUT2D eigenvalue weighted by Gasteiger charge is 2.02. The van der Waals surface area contributed by atoms with Crippen molar-refractivity contribution in [2.75, 3.05) is 7.11 Å². The molecule has 2 rings (SSSR count). The quantitative estimate of drug-likeness (QED) is 0.621. The molecule has 0 saturated carbocycles. The van der Waals surface area contributed by atoms with E-state index in [-0.39, 0.29) is 5.97 Å². The highest BCUT2D eigenvalue weighted by Crippen LogP contribution is 2.28. The van der Waals surface area contributed by atoms with Crippen LogP contribution in [0.25, 0.3) is 16.8 Å². The summed E-state index contributed by atoms with van der Waals surface area (Å²) in [4.78, 5) is 11.0. The van der Waals surface area contributed by atoms with Gasteiger partial charge in [0.15, 0.2) is 0 Å². The van der Waals surface area contributed by atoms with E-state index < -0.39 is 0 Å². The summed E-state index contributed by atoms with van der Waals surface area (Å²) in [6, 6.07) is 12.1. The van der Waals surface area contributed by atoms with Gasteiger partial charge in [-0.3, -0.25) is 0 Å². The van der Waals surface area contributed by atoms with Crippen LogP contribution in [-0.4, -0.2) is 13.1 Å². The van der Waals surface area contributed by atoms with Gasteiger partial charge in [-0.15, -0.1) is 0 Å². The first kappa shape index (κ1) is 11.9. The lowest BCUT2D eigenvalue weighted by atomic mass is 10.1. The van der Waals surface area contributed by atoms with Crippen molar-refractivity contribution >= 4 is 38.7 Å². The molecule has 0 saturated heterocycles. The minimum Gasteiger partial charge on any atom is -0.466 e. The number of esters is 1. The first-order chi connectivity index (χ1) is 8.22. The Balaban J connectivity index is 2.46. The van der Waals surface area contributed by atoms with E-state index in [2.05, 4.69) is 20.7 Å². The van der Waals surface area contributed by atoms with Crippen LogP contribution in [0.4, 0.5) is 0 Å². The van der Waals surface area contributed by atoms with Crippen LogP contribution in [0, 0.1) is 0 Å². The normalized spacial score (nSPS) is 10.9. The van der Waals surface area contributed by atoms with Gasteiger partial charge in [-0.2, -0.15) is 0 Å². The number of halogens is 1. The molecule has 0 N–H and O–H groups in total. The van der Waals surface area contributed by atoms with Gasteiger partial charge in [0.1, 0.15) is 0 Å². The predicted octanol–water partition coefficient (Wildman–Crippen LogP) is 3.79. The van der Waals surface area contributed by atoms with Gasteiger partial charge in [-0.25, -0.2) is 4.79 Å². The summed E-state index contributed by atoms with van der Waals surface area (Å²) in [5, 5.41) is 2.29. The van der Waals surface area contributed by atoms with Crippen LogP contribution in [-0.2, 0) is 9.53 Å². The highest BCUT2D eigenvalue weighted by atomic mass is 79.9. The minimum absolute atomic E-state index is 0.356. The Kier molecular flexibility index (Phi) is 3.59. The lowest BCUT2D eigenvalue weighted by molar-refractivity contribution is -0.134. The zero-order valence-electron chi connectivity index (χ0n) is 9.31. The van der Waals surface area contributed by atoms with Crippen LogP contribution in [0.1, 0.15) is 5.56 Å². The van der Waals surface area contributed by atoms with E-state index in [9.17, 15) is 4.79 Å². The first-order valence-corrected chi connectivity index (χ1v) is 5.95. The van der Waals surface area contributed by atoms with E-state index in [1.54, 1.807) is 6.08 Å². The van der Waals surface area contributed by atoms with Crippen LogP contribution < -0.4 is 0 Å². The lowest BCUT2D eigenvalue weighted by Crippen LogP contribution is -1.93. The molecule has 0 spiro atoms. The fraction of sp³-hybridized carbons (Fsp3) is 0.0714. The number of carbonyl (C=O) groups excluding carboxylic acids is 1. The van der Waals surface area contributed by atoms with Crippen molar-refractivity contribution in [3.8, 4) is 0 Å². The van der Waals surface area contributed by atoms with Crippen molar-refractivity contribution in [1.29, 1.82) is 0 Å². The fourth-order valence-electron chi connectivity index (χ4n) is 1.61. The van der Waals surface area contributed by atoms with Crippen molar-refractivity contribution in [3.63, 3.8) is 0 Å². The summed E-state index contributed by atoms with van der Waals surface area (Å²) in [5.74, 6) is -0.356. The third kappa shape index (κ3) is 2.56. The summed E-state index contributed by atoms with van der Waals surface area (Å²) in [6.07, 6.45) is 3.15. The average Bonchev–Trinajstić information content (AvgIpc) is 2.38. The standard InChI is InChI=1S/C14H11BrO2/c1-17-13(16)9-8-11-7-6-10-4-2-3-5-12(10)14(11)15/h2-9H,1H3/b9-8+. The van der Waals surface area contributed by atoms with Gasteiger partial charge in [0.25, 0.3) is 0 Å². The molecule has 3 heteroatoms. The van der Waals surface area contributed by atoms with Crippen LogP contribution in [0.15, 0.2) is 46.9 Å². The van der Waals surface area contributed by atoms with Gasteiger partial charge in [0, 0.05) is 10.5 Å². The smallest absolute Gasteiger partial charge is 0.330 e. The third-order valence-electron chi connectivity index (χ3n) is 2.49. The molecule has 0 aliphatic rings. The second kappa shape index (κ2) is 5.15. The summed E-state index contributed by atoms with van der Waals surface area (Å²) in [6.45, 7) is 0. The molecule has 0 bridgehead atoms. The van der Waals surface area contributed by atoms with Gasteiger partial charge in [-0.05, 0) is 38.3 Å². The van der Waals surface area contributed by atoms with E-state index in [0.29, 0.717) is 0 Å². The number of carbonyl (C=O) groups is 1. The molecule has 0 unspecified atom stereocenters. The zero-order chi connectivity index (χ0) is 12.3. The van der Waals surface area contributed by atoms with E-state index >= 15 is 0 Å². The SMILES string of the molecule is COC(=O)/C=C/c1ccc2ccccc2c1Br. The maximum Gasteiger partial charge on any atom is 0.330 e. The zero-order valence-corrected chi connectivity index (χ0v) is 10.9. The predicted molar refractivity (Wildman–Crippen MR) is 72.7 cm³/mol. The van der Waals surface area contributed by atoms with Crippen molar-refractivity contribution in [1.82, 2.24) is 0 Å². The molecule has 86 valence electrons. The molecule has 2 aromatic rings. The Hall–Kier alpha value is -1.61. The van der Waals surface area contributed by atoms with Crippen LogP contribution in [0.2, 0.25) is 0 Å². The number of benzene rings is 2. The van der Waals surface area contributed by atoms with Crippen molar-refractivity contribution < 1.29 is 9.53 Å². The molecular weight excluding hydrogens is 280 g/mol. The molecule has 2 nitrogen and oxygen atoms in total. The summed E-state index contributed by atoms with van der Waals surface area (Å²) in [5.41, 5.74) is 0.953. The second-order valence-corrected chi connectivity index (χ2v) is 4.34. The lowest BCUT2D eigenvalue weighted by Gasteiger charge is -2.04. The Morgan fingerprint density at radius 3 is 2.76 bits per heavy atom. The van der Waals surface area contributed by atoms with E-state index in [4.69, 9.17) is 0 Å². The van der Waals surface area contributed by atoms with Gasteiger partial charge < -0.3 is 4.74 Å². The molecule has 0 atom stereocenters. The number of fused-ring (bicyclic) bond motifs is 1. The Morgan fingerprint density at radius 2 is 2.00 bits per heavy atom.